The first-order valence-corrected chi connectivity index (χ1v) is 8.16. The summed E-state index contributed by atoms with van der Waals surface area (Å²) >= 11 is 8.94. The average molecular weight is 377 g/mol. The number of pyridine rings is 1. The number of nitrogens with two attached hydrogens (primary N) is 1. The molecule has 8 heteroatoms. The summed E-state index contributed by atoms with van der Waals surface area (Å²) in [7, 11) is -3.76. The number of rotatable bonds is 3. The SMILES string of the molecule is Cc1nc(Cl)ccc1NS(=O)(=O)c1cc(N)ccc1Br. The number of halogens is 2. The monoisotopic (exact) mass is 375 g/mol. The lowest BCUT2D eigenvalue weighted by molar-refractivity contribution is 0.600. The highest BCUT2D eigenvalue weighted by Gasteiger charge is 2.19. The Morgan fingerprint density at radius 2 is 2.00 bits per heavy atom. The predicted molar refractivity (Wildman–Crippen MR) is 83.3 cm³/mol. The standard InChI is InChI=1S/C12H11BrClN3O2S/c1-7-10(4-5-12(14)16-7)17-20(18,19)11-6-8(15)2-3-9(11)13/h2-6,17H,15H2,1H3. The van der Waals surface area contributed by atoms with Crippen molar-refractivity contribution in [3.63, 3.8) is 0 Å². The first-order valence-electron chi connectivity index (χ1n) is 5.50. The maximum absolute atomic E-state index is 12.4. The van der Waals surface area contributed by atoms with Crippen molar-refractivity contribution >= 4 is 48.9 Å². The number of aryl methyl sites for hydroxylation is 1. The Balaban J connectivity index is 2.43. The highest BCUT2D eigenvalue weighted by Crippen LogP contribution is 2.27. The van der Waals surface area contributed by atoms with Gasteiger partial charge in [0.15, 0.2) is 0 Å². The van der Waals surface area contributed by atoms with Gasteiger partial charge in [-0.2, -0.15) is 0 Å². The molecular formula is C12H11BrClN3O2S. The van der Waals surface area contributed by atoms with Crippen molar-refractivity contribution < 1.29 is 8.42 Å². The third-order valence-electron chi connectivity index (χ3n) is 2.54. The highest BCUT2D eigenvalue weighted by molar-refractivity contribution is 9.10. The lowest BCUT2D eigenvalue weighted by Gasteiger charge is -2.11. The molecule has 0 radical (unpaired) electrons. The number of nitrogens with one attached hydrogen (secondary N) is 1. The van der Waals surface area contributed by atoms with Gasteiger partial charge in [-0.25, -0.2) is 13.4 Å². The number of hydrogen-bond donors (Lipinski definition) is 2. The van der Waals surface area contributed by atoms with Crippen LogP contribution in [0.2, 0.25) is 5.15 Å². The Bertz CT molecular complexity index is 765. The van der Waals surface area contributed by atoms with Crippen LogP contribution in [-0.4, -0.2) is 13.4 Å². The van der Waals surface area contributed by atoms with Gasteiger partial charge < -0.3 is 5.73 Å². The highest BCUT2D eigenvalue weighted by atomic mass is 79.9. The quantitative estimate of drug-likeness (QED) is 0.636. The minimum atomic E-state index is -3.76. The van der Waals surface area contributed by atoms with Crippen LogP contribution in [0.5, 0.6) is 0 Å². The largest absolute Gasteiger partial charge is 0.399 e. The summed E-state index contributed by atoms with van der Waals surface area (Å²) in [5.74, 6) is 0. The minimum absolute atomic E-state index is 0.0619. The summed E-state index contributed by atoms with van der Waals surface area (Å²) in [6.45, 7) is 1.66. The van der Waals surface area contributed by atoms with E-state index in [1.807, 2.05) is 0 Å². The fourth-order valence-electron chi connectivity index (χ4n) is 1.56. The maximum Gasteiger partial charge on any atom is 0.263 e. The third-order valence-corrected chi connectivity index (χ3v) is 5.11. The molecule has 5 nitrogen and oxygen atoms in total. The van der Waals surface area contributed by atoms with Crippen LogP contribution >= 0.6 is 27.5 Å². The van der Waals surface area contributed by atoms with Gasteiger partial charge in [-0.1, -0.05) is 11.6 Å². The molecule has 0 atom stereocenters. The van der Waals surface area contributed by atoms with E-state index >= 15 is 0 Å². The maximum atomic E-state index is 12.4. The van der Waals surface area contributed by atoms with Gasteiger partial charge in [-0.05, 0) is 53.2 Å². The second kappa shape index (κ2) is 5.59. The van der Waals surface area contributed by atoms with Crippen LogP contribution in [0.1, 0.15) is 5.69 Å². The summed E-state index contributed by atoms with van der Waals surface area (Å²) in [4.78, 5) is 4.06. The first kappa shape index (κ1) is 15.1. The molecule has 0 amide bonds. The Morgan fingerprint density at radius 1 is 1.30 bits per heavy atom. The zero-order valence-electron chi connectivity index (χ0n) is 10.4. The van der Waals surface area contributed by atoms with E-state index in [0.717, 1.165) is 0 Å². The van der Waals surface area contributed by atoms with E-state index in [-0.39, 0.29) is 4.90 Å². The van der Waals surface area contributed by atoms with Gasteiger partial charge >= 0.3 is 0 Å². The molecule has 1 heterocycles. The second-order valence-corrected chi connectivity index (χ2v) is 6.95. The smallest absolute Gasteiger partial charge is 0.263 e. The van der Waals surface area contributed by atoms with Crippen LogP contribution in [0, 0.1) is 6.92 Å². The van der Waals surface area contributed by atoms with Gasteiger partial charge in [-0.15, -0.1) is 0 Å². The van der Waals surface area contributed by atoms with Crippen molar-refractivity contribution in [3.8, 4) is 0 Å². The molecule has 0 saturated carbocycles. The predicted octanol–water partition coefficient (Wildman–Crippen LogP) is 3.19. The lowest BCUT2D eigenvalue weighted by Crippen LogP contribution is -2.15. The Labute approximate surface area is 130 Å². The normalized spacial score (nSPS) is 11.3. The summed E-state index contributed by atoms with van der Waals surface area (Å²) in [6.07, 6.45) is 0. The summed E-state index contributed by atoms with van der Waals surface area (Å²) < 4.78 is 27.6. The summed E-state index contributed by atoms with van der Waals surface area (Å²) in [5.41, 5.74) is 6.84. The molecule has 0 aliphatic carbocycles. The number of sulfonamides is 1. The molecule has 0 bridgehead atoms. The molecule has 2 aromatic rings. The Morgan fingerprint density at radius 3 is 2.65 bits per heavy atom. The van der Waals surface area contributed by atoms with Gasteiger partial charge in [0.2, 0.25) is 0 Å². The Kier molecular flexibility index (Phi) is 4.22. The van der Waals surface area contributed by atoms with Crippen molar-refractivity contribution in [2.75, 3.05) is 10.5 Å². The number of nitrogen functional groups attached to an aromatic ring is 1. The molecule has 2 rings (SSSR count). The van der Waals surface area contributed by atoms with E-state index in [1.165, 1.54) is 12.1 Å². The first-order chi connectivity index (χ1) is 9.29. The van der Waals surface area contributed by atoms with Crippen LogP contribution in [-0.2, 0) is 10.0 Å². The van der Waals surface area contributed by atoms with E-state index in [1.54, 1.807) is 25.1 Å². The van der Waals surface area contributed by atoms with E-state index in [9.17, 15) is 8.42 Å². The molecule has 3 N–H and O–H groups in total. The summed E-state index contributed by atoms with van der Waals surface area (Å²) in [5, 5.41) is 0.301. The number of nitrogens with zero attached hydrogens (tertiary/aromatic N) is 1. The van der Waals surface area contributed by atoms with Crippen molar-refractivity contribution in [2.24, 2.45) is 0 Å². The van der Waals surface area contributed by atoms with Crippen LogP contribution in [0.25, 0.3) is 0 Å². The number of benzene rings is 1. The van der Waals surface area contributed by atoms with Crippen LogP contribution in [0.15, 0.2) is 39.7 Å². The molecule has 1 aromatic carbocycles. The van der Waals surface area contributed by atoms with E-state index in [4.69, 9.17) is 17.3 Å². The van der Waals surface area contributed by atoms with Gasteiger partial charge in [0.25, 0.3) is 10.0 Å². The van der Waals surface area contributed by atoms with Gasteiger partial charge in [0.05, 0.1) is 11.4 Å². The molecule has 0 saturated heterocycles. The van der Waals surface area contributed by atoms with E-state index in [2.05, 4.69) is 25.6 Å². The molecule has 0 spiro atoms. The molecule has 1 aromatic heterocycles. The number of hydrogen-bond acceptors (Lipinski definition) is 4. The molecule has 106 valence electrons. The van der Waals surface area contributed by atoms with Gasteiger partial charge in [0, 0.05) is 10.2 Å². The fourth-order valence-corrected chi connectivity index (χ4v) is 3.87. The van der Waals surface area contributed by atoms with Crippen molar-refractivity contribution in [1.29, 1.82) is 0 Å². The second-order valence-electron chi connectivity index (χ2n) is 4.06. The van der Waals surface area contributed by atoms with Crippen LogP contribution < -0.4 is 10.5 Å². The molecule has 20 heavy (non-hydrogen) atoms. The van der Waals surface area contributed by atoms with Crippen molar-refractivity contribution in [2.45, 2.75) is 11.8 Å². The van der Waals surface area contributed by atoms with Gasteiger partial charge in [-0.3, -0.25) is 4.72 Å². The van der Waals surface area contributed by atoms with Crippen molar-refractivity contribution in [1.82, 2.24) is 4.98 Å². The topological polar surface area (TPSA) is 85.1 Å². The zero-order chi connectivity index (χ0) is 14.9. The molecule has 0 aliphatic rings. The van der Waals surface area contributed by atoms with Crippen molar-refractivity contribution in [3.05, 3.63) is 45.7 Å². The number of aromatic nitrogens is 1. The fraction of sp³-hybridized carbons (Fsp3) is 0.0833. The summed E-state index contributed by atoms with van der Waals surface area (Å²) in [6, 6.07) is 7.64. The zero-order valence-corrected chi connectivity index (χ0v) is 13.6. The third kappa shape index (κ3) is 3.23. The average Bonchev–Trinajstić information content (AvgIpc) is 2.35. The molecule has 0 unspecified atom stereocenters. The van der Waals surface area contributed by atoms with E-state index < -0.39 is 10.0 Å². The minimum Gasteiger partial charge on any atom is -0.399 e. The molecule has 0 fully saturated rings. The Hall–Kier alpha value is -1.31. The molecular weight excluding hydrogens is 366 g/mol. The van der Waals surface area contributed by atoms with E-state index in [0.29, 0.717) is 26.7 Å². The van der Waals surface area contributed by atoms with Crippen LogP contribution in [0.3, 0.4) is 0 Å². The number of anilines is 2. The van der Waals surface area contributed by atoms with Crippen LogP contribution in [0.4, 0.5) is 11.4 Å². The van der Waals surface area contributed by atoms with Gasteiger partial charge in [0.1, 0.15) is 10.0 Å². The molecule has 0 aliphatic heterocycles. The lowest BCUT2D eigenvalue weighted by atomic mass is 10.3.